The molecule has 4 rings (SSSR count). The maximum absolute atomic E-state index is 13.1. The van der Waals surface area contributed by atoms with Gasteiger partial charge >= 0.3 is 0 Å². The minimum absolute atomic E-state index is 0.0788. The highest BCUT2D eigenvalue weighted by Gasteiger charge is 2.27. The molecule has 0 saturated heterocycles. The first kappa shape index (κ1) is 20.7. The van der Waals surface area contributed by atoms with Crippen LogP contribution in [0.4, 0.5) is 11.6 Å². The molecule has 0 unspecified atom stereocenters. The maximum atomic E-state index is 13.1. The predicted molar refractivity (Wildman–Crippen MR) is 120 cm³/mol. The minimum Gasteiger partial charge on any atom is -0.395 e. The lowest BCUT2D eigenvalue weighted by Gasteiger charge is -2.14. The van der Waals surface area contributed by atoms with Crippen molar-refractivity contribution in [1.29, 1.82) is 0 Å². The fourth-order valence-corrected chi connectivity index (χ4v) is 3.39. The van der Waals surface area contributed by atoms with E-state index in [-0.39, 0.29) is 18.1 Å². The fraction of sp³-hybridized carbons (Fsp3) is 0.304. The lowest BCUT2D eigenvalue weighted by molar-refractivity contribution is 0.182. The zero-order valence-electron chi connectivity index (χ0n) is 18.2. The van der Waals surface area contributed by atoms with Crippen LogP contribution in [0, 0.1) is 13.8 Å². The zero-order chi connectivity index (χ0) is 22.3. The molecule has 0 aliphatic carbocycles. The number of nitrogens with one attached hydrogen (secondary N) is 1. The normalized spacial score (nSPS) is 11.8. The number of rotatable bonds is 5. The van der Waals surface area contributed by atoms with Crippen LogP contribution < -0.4 is 10.9 Å². The molecule has 0 spiro atoms. The van der Waals surface area contributed by atoms with Gasteiger partial charge in [-0.05, 0) is 68.2 Å². The van der Waals surface area contributed by atoms with Gasteiger partial charge in [0.2, 0.25) is 5.89 Å². The van der Waals surface area contributed by atoms with E-state index in [1.165, 1.54) is 0 Å². The van der Waals surface area contributed by atoms with E-state index in [1.807, 2.05) is 58.0 Å². The van der Waals surface area contributed by atoms with Crippen LogP contribution in [-0.4, -0.2) is 31.4 Å². The highest BCUT2D eigenvalue weighted by Crippen LogP contribution is 2.28. The second kappa shape index (κ2) is 7.63. The summed E-state index contributed by atoms with van der Waals surface area (Å²) >= 11 is 0. The molecule has 31 heavy (non-hydrogen) atoms. The first-order chi connectivity index (χ1) is 14.7. The molecule has 0 saturated carbocycles. The monoisotopic (exact) mass is 419 g/mol. The third-order valence-corrected chi connectivity index (χ3v) is 5.43. The number of benzene rings is 1. The number of aromatic nitrogens is 4. The van der Waals surface area contributed by atoms with Crippen molar-refractivity contribution in [3.63, 3.8) is 0 Å². The Balaban J connectivity index is 1.75. The molecule has 1 aromatic carbocycles. The third-order valence-electron chi connectivity index (χ3n) is 5.43. The molecule has 0 aliphatic rings. The van der Waals surface area contributed by atoms with Crippen LogP contribution in [0.3, 0.4) is 0 Å². The summed E-state index contributed by atoms with van der Waals surface area (Å²) in [5, 5.41) is 17.5. The van der Waals surface area contributed by atoms with Gasteiger partial charge in [0.1, 0.15) is 0 Å². The van der Waals surface area contributed by atoms with Crippen LogP contribution in [0.15, 0.2) is 45.8 Å². The summed E-state index contributed by atoms with van der Waals surface area (Å²) in [6, 6.07) is 9.52. The van der Waals surface area contributed by atoms with Gasteiger partial charge in [-0.1, -0.05) is 6.07 Å². The van der Waals surface area contributed by atoms with E-state index in [0.29, 0.717) is 11.5 Å². The number of hydrogen-bond acceptors (Lipinski definition) is 7. The Morgan fingerprint density at radius 2 is 1.94 bits per heavy atom. The summed E-state index contributed by atoms with van der Waals surface area (Å²) in [5.74, 6) is 0.633. The molecule has 160 valence electrons. The average Bonchev–Trinajstić information content (AvgIpc) is 3.22. The highest BCUT2D eigenvalue weighted by atomic mass is 16.5. The Hall–Kier alpha value is -3.52. The second-order valence-electron chi connectivity index (χ2n) is 8.43. The Morgan fingerprint density at radius 3 is 2.68 bits per heavy atom. The van der Waals surface area contributed by atoms with E-state index in [4.69, 9.17) is 4.52 Å². The molecule has 3 heterocycles. The van der Waals surface area contributed by atoms with Gasteiger partial charge in [0.15, 0.2) is 0 Å². The average molecular weight is 419 g/mol. The number of aryl methyl sites for hydroxylation is 3. The van der Waals surface area contributed by atoms with Crippen molar-refractivity contribution < 1.29 is 9.63 Å². The van der Waals surface area contributed by atoms with Crippen LogP contribution in [0.2, 0.25) is 0 Å². The molecule has 0 amide bonds. The molecule has 8 nitrogen and oxygen atoms in total. The van der Waals surface area contributed by atoms with Gasteiger partial charge in [0.05, 0.1) is 17.5 Å². The molecule has 0 radical (unpaired) electrons. The van der Waals surface area contributed by atoms with E-state index >= 15 is 0 Å². The first-order valence-corrected chi connectivity index (χ1v) is 9.99. The molecule has 0 fully saturated rings. The number of anilines is 2. The topological polar surface area (TPSA) is 106 Å². The standard InChI is InChI=1S/C23H25N5O3/c1-13-6-7-16(25-22-26-21(31-27-22)23(3,4)12-29)10-17(13)18-9-15-11-24-14(2)8-19(15)28(5)20(18)30/h6-11,29H,12H2,1-5H3,(H,25,27). The Labute approximate surface area is 179 Å². The third kappa shape index (κ3) is 3.82. The number of hydrogen-bond donors (Lipinski definition) is 2. The second-order valence-corrected chi connectivity index (χ2v) is 8.43. The van der Waals surface area contributed by atoms with Crippen molar-refractivity contribution in [2.75, 3.05) is 11.9 Å². The molecular weight excluding hydrogens is 394 g/mol. The molecular formula is C23H25N5O3. The summed E-state index contributed by atoms with van der Waals surface area (Å²) in [4.78, 5) is 21.8. The molecule has 4 aromatic rings. The largest absolute Gasteiger partial charge is 0.395 e. The van der Waals surface area contributed by atoms with Crippen molar-refractivity contribution in [3.8, 4) is 11.1 Å². The molecule has 3 aromatic heterocycles. The maximum Gasteiger partial charge on any atom is 0.267 e. The summed E-state index contributed by atoms with van der Waals surface area (Å²) in [6.45, 7) is 7.40. The lowest BCUT2D eigenvalue weighted by Crippen LogP contribution is -2.22. The van der Waals surface area contributed by atoms with E-state index in [0.717, 1.165) is 33.4 Å². The smallest absolute Gasteiger partial charge is 0.267 e. The SMILES string of the molecule is Cc1cc2c(cn1)cc(-c1cc(Nc3noc(C(C)(C)CO)n3)ccc1C)c(=O)n2C. The minimum atomic E-state index is -0.630. The summed E-state index contributed by atoms with van der Waals surface area (Å²) in [7, 11) is 1.77. The van der Waals surface area contributed by atoms with E-state index in [2.05, 4.69) is 20.4 Å². The number of pyridine rings is 2. The van der Waals surface area contributed by atoms with E-state index < -0.39 is 5.41 Å². The van der Waals surface area contributed by atoms with Gasteiger partial charge in [0.25, 0.3) is 11.5 Å². The molecule has 0 bridgehead atoms. The lowest BCUT2D eigenvalue weighted by atomic mass is 9.95. The van der Waals surface area contributed by atoms with Crippen molar-refractivity contribution in [2.45, 2.75) is 33.1 Å². The Morgan fingerprint density at radius 1 is 1.16 bits per heavy atom. The van der Waals surface area contributed by atoms with E-state index in [9.17, 15) is 9.90 Å². The number of aliphatic hydroxyl groups is 1. The highest BCUT2D eigenvalue weighted by molar-refractivity contribution is 5.85. The van der Waals surface area contributed by atoms with Gasteiger partial charge < -0.3 is 19.5 Å². The van der Waals surface area contributed by atoms with Crippen LogP contribution in [0.1, 0.15) is 31.0 Å². The quantitative estimate of drug-likeness (QED) is 0.509. The number of fused-ring (bicyclic) bond motifs is 1. The van der Waals surface area contributed by atoms with Gasteiger partial charge in [0, 0.05) is 35.6 Å². The summed E-state index contributed by atoms with van der Waals surface area (Å²) in [6.07, 6.45) is 1.79. The van der Waals surface area contributed by atoms with Crippen molar-refractivity contribution in [2.24, 2.45) is 7.05 Å². The van der Waals surface area contributed by atoms with Gasteiger partial charge in [-0.3, -0.25) is 9.78 Å². The van der Waals surface area contributed by atoms with Gasteiger partial charge in [-0.25, -0.2) is 0 Å². The molecule has 0 aliphatic heterocycles. The summed E-state index contributed by atoms with van der Waals surface area (Å²) in [5.41, 5.74) is 4.10. The predicted octanol–water partition coefficient (Wildman–Crippen LogP) is 3.61. The number of nitrogens with zero attached hydrogens (tertiary/aromatic N) is 4. The van der Waals surface area contributed by atoms with Gasteiger partial charge in [-0.2, -0.15) is 4.98 Å². The van der Waals surface area contributed by atoms with Crippen molar-refractivity contribution in [3.05, 3.63) is 64.0 Å². The van der Waals surface area contributed by atoms with Crippen molar-refractivity contribution >= 4 is 22.5 Å². The van der Waals surface area contributed by atoms with Crippen LogP contribution >= 0.6 is 0 Å². The number of aliphatic hydroxyl groups excluding tert-OH is 1. The molecule has 0 atom stereocenters. The van der Waals surface area contributed by atoms with Crippen LogP contribution in [0.5, 0.6) is 0 Å². The summed E-state index contributed by atoms with van der Waals surface area (Å²) < 4.78 is 6.93. The first-order valence-electron chi connectivity index (χ1n) is 9.99. The van der Waals surface area contributed by atoms with Gasteiger partial charge in [-0.15, -0.1) is 0 Å². The zero-order valence-corrected chi connectivity index (χ0v) is 18.2. The van der Waals surface area contributed by atoms with Crippen molar-refractivity contribution in [1.82, 2.24) is 19.7 Å². The Kier molecular flexibility index (Phi) is 5.10. The molecule has 8 heteroatoms. The van der Waals surface area contributed by atoms with E-state index in [1.54, 1.807) is 17.8 Å². The van der Waals surface area contributed by atoms with Crippen LogP contribution in [0.25, 0.3) is 22.0 Å². The molecule has 2 N–H and O–H groups in total. The fourth-order valence-electron chi connectivity index (χ4n) is 3.39. The Bertz CT molecular complexity index is 1340. The van der Waals surface area contributed by atoms with Crippen LogP contribution in [-0.2, 0) is 12.5 Å².